The average Bonchev–Trinajstić information content (AvgIpc) is 2.61. The van der Waals surface area contributed by atoms with Crippen LogP contribution in [0.4, 0.5) is 14.9 Å². The second-order valence-corrected chi connectivity index (χ2v) is 6.71. The summed E-state index contributed by atoms with van der Waals surface area (Å²) in [5, 5.41) is -0.147. The number of carbonyl (C=O) groups is 1. The Morgan fingerprint density at radius 2 is 1.96 bits per heavy atom. The van der Waals surface area contributed by atoms with Crippen LogP contribution in [0.5, 0.6) is 5.75 Å². The predicted molar refractivity (Wildman–Crippen MR) is 103 cm³/mol. The van der Waals surface area contributed by atoms with E-state index in [1.165, 1.54) is 16.5 Å². The second kappa shape index (κ2) is 8.39. The lowest BCUT2D eigenvalue weighted by molar-refractivity contribution is 0.266. The minimum Gasteiger partial charge on any atom is -0.488 e. The molecule has 2 aromatic carbocycles. The zero-order valence-electron chi connectivity index (χ0n) is 15.4. The van der Waals surface area contributed by atoms with E-state index in [2.05, 4.69) is 13.0 Å². The molecular weight excluding hydrogens is 337 g/mol. The number of amides is 1. The van der Waals surface area contributed by atoms with Crippen LogP contribution in [0.25, 0.3) is 0 Å². The standard InChI is InChI=1S/C20H24FNO2S/c1-6-15-10-14(3)19(11-13(15)2)24-12-16-17(21)8-7-9-18(16)22(4)20(23)25-5/h7-11H,6,12H2,1-5H3. The monoisotopic (exact) mass is 361 g/mol. The molecule has 0 bridgehead atoms. The van der Waals surface area contributed by atoms with Crippen molar-refractivity contribution in [1.29, 1.82) is 0 Å². The van der Waals surface area contributed by atoms with Crippen LogP contribution in [0.1, 0.15) is 29.2 Å². The van der Waals surface area contributed by atoms with Crippen molar-refractivity contribution in [2.75, 3.05) is 18.2 Å². The Hall–Kier alpha value is -2.01. The minimum atomic E-state index is -0.377. The van der Waals surface area contributed by atoms with Crippen LogP contribution < -0.4 is 9.64 Å². The lowest BCUT2D eigenvalue weighted by atomic mass is 10.0. The number of hydrogen-bond acceptors (Lipinski definition) is 3. The minimum absolute atomic E-state index is 0.0692. The smallest absolute Gasteiger partial charge is 0.285 e. The van der Waals surface area contributed by atoms with E-state index in [1.54, 1.807) is 25.4 Å². The largest absolute Gasteiger partial charge is 0.488 e. The van der Waals surface area contributed by atoms with E-state index < -0.39 is 0 Å². The summed E-state index contributed by atoms with van der Waals surface area (Å²) >= 11 is 1.09. The fourth-order valence-corrected chi connectivity index (χ4v) is 3.15. The average molecular weight is 361 g/mol. The predicted octanol–water partition coefficient (Wildman–Crippen LogP) is 5.50. The fraction of sp³-hybridized carbons (Fsp3) is 0.350. The molecule has 0 fully saturated rings. The zero-order chi connectivity index (χ0) is 18.6. The molecular formula is C20H24FNO2S. The highest BCUT2D eigenvalue weighted by molar-refractivity contribution is 8.13. The van der Waals surface area contributed by atoms with Gasteiger partial charge in [-0.2, -0.15) is 0 Å². The van der Waals surface area contributed by atoms with Crippen LogP contribution >= 0.6 is 11.8 Å². The lowest BCUT2D eigenvalue weighted by Gasteiger charge is -2.21. The van der Waals surface area contributed by atoms with Gasteiger partial charge >= 0.3 is 0 Å². The van der Waals surface area contributed by atoms with Gasteiger partial charge in [0.15, 0.2) is 0 Å². The Labute approximate surface area is 153 Å². The molecule has 3 nitrogen and oxygen atoms in total. The second-order valence-electron chi connectivity index (χ2n) is 5.95. The van der Waals surface area contributed by atoms with Gasteiger partial charge in [0.25, 0.3) is 5.24 Å². The number of hydrogen-bond donors (Lipinski definition) is 0. The summed E-state index contributed by atoms with van der Waals surface area (Å²) in [5.41, 5.74) is 4.37. The van der Waals surface area contributed by atoms with Crippen molar-refractivity contribution in [2.24, 2.45) is 0 Å². The molecule has 0 aromatic heterocycles. The summed E-state index contributed by atoms with van der Waals surface area (Å²) in [4.78, 5) is 13.4. The normalized spacial score (nSPS) is 10.6. The van der Waals surface area contributed by atoms with E-state index in [-0.39, 0.29) is 17.7 Å². The van der Waals surface area contributed by atoms with E-state index in [1.807, 2.05) is 19.9 Å². The van der Waals surface area contributed by atoms with E-state index in [9.17, 15) is 9.18 Å². The van der Waals surface area contributed by atoms with Gasteiger partial charge in [-0.3, -0.25) is 4.79 Å². The number of anilines is 1. The molecule has 25 heavy (non-hydrogen) atoms. The molecule has 0 N–H and O–H groups in total. The SMILES string of the molecule is CCc1cc(C)c(OCc2c(F)cccc2N(C)C(=O)SC)cc1C. The first-order chi connectivity index (χ1) is 11.9. The van der Waals surface area contributed by atoms with Gasteiger partial charge in [-0.05, 0) is 61.4 Å². The van der Waals surface area contributed by atoms with Gasteiger partial charge in [0.2, 0.25) is 0 Å². The molecule has 2 aromatic rings. The topological polar surface area (TPSA) is 29.5 Å². The lowest BCUT2D eigenvalue weighted by Crippen LogP contribution is -2.23. The number of rotatable bonds is 5. The molecule has 0 aliphatic rings. The quantitative estimate of drug-likeness (QED) is 0.704. The number of thioether (sulfide) groups is 1. The summed E-state index contributed by atoms with van der Waals surface area (Å²) in [7, 11) is 1.64. The first-order valence-electron chi connectivity index (χ1n) is 8.21. The molecule has 1 amide bonds. The summed E-state index contributed by atoms with van der Waals surface area (Å²) < 4.78 is 20.3. The maximum atomic E-state index is 14.4. The molecule has 0 spiro atoms. The number of benzene rings is 2. The van der Waals surface area contributed by atoms with Crippen molar-refractivity contribution in [2.45, 2.75) is 33.8 Å². The molecule has 0 saturated carbocycles. The van der Waals surface area contributed by atoms with Crippen molar-refractivity contribution in [3.63, 3.8) is 0 Å². The molecule has 2 rings (SSSR count). The summed E-state index contributed by atoms with van der Waals surface area (Å²) in [5.74, 6) is 0.362. The van der Waals surface area contributed by atoms with Crippen molar-refractivity contribution in [3.8, 4) is 5.75 Å². The van der Waals surface area contributed by atoms with Crippen LogP contribution in [0.3, 0.4) is 0 Å². The van der Waals surface area contributed by atoms with Crippen molar-refractivity contribution in [3.05, 3.63) is 58.4 Å². The van der Waals surface area contributed by atoms with Crippen molar-refractivity contribution < 1.29 is 13.9 Å². The highest BCUT2D eigenvalue weighted by Gasteiger charge is 2.17. The number of carbonyl (C=O) groups excluding carboxylic acids is 1. The van der Waals surface area contributed by atoms with Gasteiger partial charge in [0, 0.05) is 12.6 Å². The van der Waals surface area contributed by atoms with Crippen molar-refractivity contribution in [1.82, 2.24) is 0 Å². The molecule has 0 atom stereocenters. The third-order valence-corrected chi connectivity index (χ3v) is 4.91. The number of nitrogens with zero attached hydrogens (tertiary/aromatic N) is 1. The maximum absolute atomic E-state index is 14.4. The van der Waals surface area contributed by atoms with Gasteiger partial charge in [-0.1, -0.05) is 30.8 Å². The fourth-order valence-electron chi connectivity index (χ4n) is 2.78. The summed E-state index contributed by atoms with van der Waals surface area (Å²) in [6.45, 7) is 6.22. The molecule has 0 saturated heterocycles. The first-order valence-corrected chi connectivity index (χ1v) is 9.43. The Balaban J connectivity index is 2.30. The van der Waals surface area contributed by atoms with Gasteiger partial charge in [-0.15, -0.1) is 0 Å². The van der Waals surface area contributed by atoms with E-state index in [0.717, 1.165) is 35.1 Å². The van der Waals surface area contributed by atoms with E-state index >= 15 is 0 Å². The zero-order valence-corrected chi connectivity index (χ0v) is 16.2. The van der Waals surface area contributed by atoms with Gasteiger partial charge in [0.05, 0.1) is 5.69 Å². The number of halogens is 1. The van der Waals surface area contributed by atoms with E-state index in [4.69, 9.17) is 4.74 Å². The molecule has 0 aliphatic heterocycles. The van der Waals surface area contributed by atoms with E-state index in [0.29, 0.717) is 11.3 Å². The molecule has 5 heteroatoms. The van der Waals surface area contributed by atoms with Gasteiger partial charge < -0.3 is 9.64 Å². The molecule has 134 valence electrons. The van der Waals surface area contributed by atoms with Crippen molar-refractivity contribution >= 4 is 22.7 Å². The number of ether oxygens (including phenoxy) is 1. The first kappa shape index (κ1) is 19.3. The third-order valence-electron chi connectivity index (χ3n) is 4.29. The molecule has 0 radical (unpaired) electrons. The van der Waals surface area contributed by atoms with Crippen LogP contribution in [-0.4, -0.2) is 18.5 Å². The van der Waals surface area contributed by atoms with Crippen LogP contribution in [0.15, 0.2) is 30.3 Å². The molecule has 0 heterocycles. The Morgan fingerprint density at radius 1 is 1.24 bits per heavy atom. The third kappa shape index (κ3) is 4.34. The molecule has 0 aliphatic carbocycles. The summed E-state index contributed by atoms with van der Waals surface area (Å²) in [6.07, 6.45) is 2.67. The highest BCUT2D eigenvalue weighted by Crippen LogP contribution is 2.28. The van der Waals surface area contributed by atoms with Crippen LogP contribution in [-0.2, 0) is 13.0 Å². The van der Waals surface area contributed by atoms with Crippen LogP contribution in [0.2, 0.25) is 0 Å². The van der Waals surface area contributed by atoms with Gasteiger partial charge in [-0.25, -0.2) is 4.39 Å². The Morgan fingerprint density at radius 3 is 2.60 bits per heavy atom. The number of aryl methyl sites for hydroxylation is 3. The summed E-state index contributed by atoms with van der Waals surface area (Å²) in [6, 6.07) is 8.82. The maximum Gasteiger partial charge on any atom is 0.285 e. The Bertz CT molecular complexity index is 777. The highest BCUT2D eigenvalue weighted by atomic mass is 32.2. The van der Waals surface area contributed by atoms with Crippen LogP contribution in [0, 0.1) is 19.7 Å². The van der Waals surface area contributed by atoms with Gasteiger partial charge in [0.1, 0.15) is 18.2 Å². The molecule has 0 unspecified atom stereocenters. The Kier molecular flexibility index (Phi) is 6.48.